The smallest absolute Gasteiger partial charge is 0.142 e. The molecule has 0 aromatic heterocycles. The number of allylic oxidation sites excluding steroid dienone is 1. The highest BCUT2D eigenvalue weighted by Gasteiger charge is 2.41. The van der Waals surface area contributed by atoms with Gasteiger partial charge in [-0.2, -0.15) is 5.26 Å². The highest BCUT2D eigenvalue weighted by Crippen LogP contribution is 2.44. The highest BCUT2D eigenvalue weighted by molar-refractivity contribution is 8.03. The molecule has 118 valence electrons. The van der Waals surface area contributed by atoms with Crippen LogP contribution in [0.3, 0.4) is 0 Å². The van der Waals surface area contributed by atoms with E-state index in [4.69, 9.17) is 11.6 Å². The van der Waals surface area contributed by atoms with Crippen molar-refractivity contribution >= 4 is 34.9 Å². The van der Waals surface area contributed by atoms with Crippen LogP contribution in [0.25, 0.3) is 0 Å². The molecule has 0 saturated heterocycles. The topological polar surface area (TPSA) is 53.2 Å². The normalized spacial score (nSPS) is 24.0. The average molecular weight is 345 g/mol. The zero-order valence-corrected chi connectivity index (χ0v) is 14.5. The molecule has 1 aromatic carbocycles. The van der Waals surface area contributed by atoms with E-state index in [0.717, 1.165) is 34.9 Å². The van der Waals surface area contributed by atoms with Gasteiger partial charge in [-0.1, -0.05) is 30.7 Å². The third-order valence-corrected chi connectivity index (χ3v) is 5.44. The van der Waals surface area contributed by atoms with Crippen LogP contribution < -0.4 is 0 Å². The second-order valence-corrected chi connectivity index (χ2v) is 7.38. The van der Waals surface area contributed by atoms with Gasteiger partial charge in [-0.05, 0) is 36.3 Å². The van der Waals surface area contributed by atoms with E-state index in [0.29, 0.717) is 17.0 Å². The van der Waals surface area contributed by atoms with E-state index in [-0.39, 0.29) is 17.6 Å². The lowest BCUT2D eigenvalue weighted by Gasteiger charge is -2.34. The summed E-state index contributed by atoms with van der Waals surface area (Å²) in [6.07, 6.45) is 2.27. The van der Waals surface area contributed by atoms with Crippen LogP contribution in [0.15, 0.2) is 39.9 Å². The summed E-state index contributed by atoms with van der Waals surface area (Å²) in [6, 6.07) is 9.80. The minimum Gasteiger partial charge on any atom is -0.299 e. The molecule has 1 saturated carbocycles. The predicted molar refractivity (Wildman–Crippen MR) is 94.7 cm³/mol. The first kappa shape index (κ1) is 16.3. The molecule has 0 N–H and O–H groups in total. The summed E-state index contributed by atoms with van der Waals surface area (Å²) in [7, 11) is 0. The number of hydrogen-bond acceptors (Lipinski definition) is 4. The van der Waals surface area contributed by atoms with Crippen molar-refractivity contribution in [2.75, 3.05) is 5.75 Å². The molecular formula is C18H17ClN2OS. The predicted octanol–water partition coefficient (Wildman–Crippen LogP) is 4.74. The van der Waals surface area contributed by atoms with E-state index in [2.05, 4.69) is 11.1 Å². The molecule has 1 heterocycles. The molecule has 1 aliphatic carbocycles. The highest BCUT2D eigenvalue weighted by atomic mass is 35.5. The number of aliphatic imine (C=N–C) groups is 1. The van der Waals surface area contributed by atoms with Crippen molar-refractivity contribution in [3.8, 4) is 6.07 Å². The van der Waals surface area contributed by atoms with Gasteiger partial charge in [0.2, 0.25) is 0 Å². The maximum atomic E-state index is 12.6. The van der Waals surface area contributed by atoms with Gasteiger partial charge < -0.3 is 0 Å². The Morgan fingerprint density at radius 1 is 1.30 bits per heavy atom. The molecule has 0 bridgehead atoms. The number of Topliss-reactive ketones (excluding diaryl/α,β-unsaturated/α-hetero) is 1. The lowest BCUT2D eigenvalue weighted by Crippen LogP contribution is -2.37. The van der Waals surface area contributed by atoms with Crippen LogP contribution in [0, 0.1) is 17.2 Å². The number of carbonyl (C=O) groups excluding carboxylic acids is 1. The van der Waals surface area contributed by atoms with E-state index in [1.165, 1.54) is 0 Å². The number of rotatable bonds is 3. The van der Waals surface area contributed by atoms with Crippen molar-refractivity contribution in [3.05, 3.63) is 45.5 Å². The quantitative estimate of drug-likeness (QED) is 0.796. The molecule has 2 atom stereocenters. The Kier molecular flexibility index (Phi) is 4.89. The van der Waals surface area contributed by atoms with Gasteiger partial charge in [0.15, 0.2) is 0 Å². The Hall–Kier alpha value is -1.57. The second kappa shape index (κ2) is 6.90. The molecule has 5 heteroatoms. The molecular weight excluding hydrogens is 328 g/mol. The summed E-state index contributed by atoms with van der Waals surface area (Å²) in [4.78, 5) is 17.2. The largest absolute Gasteiger partial charge is 0.299 e. The first-order valence-electron chi connectivity index (χ1n) is 7.78. The fourth-order valence-electron chi connectivity index (χ4n) is 3.33. The zero-order chi connectivity index (χ0) is 16.4. The van der Waals surface area contributed by atoms with Crippen LogP contribution in [-0.4, -0.2) is 17.2 Å². The maximum Gasteiger partial charge on any atom is 0.142 e. The molecule has 3 rings (SSSR count). The molecule has 0 amide bonds. The van der Waals surface area contributed by atoms with Gasteiger partial charge in [-0.25, -0.2) is 4.99 Å². The molecule has 0 unspecified atom stereocenters. The van der Waals surface area contributed by atoms with Crippen LogP contribution in [0.5, 0.6) is 0 Å². The average Bonchev–Trinajstić information content (AvgIpc) is 2.55. The second-order valence-electron chi connectivity index (χ2n) is 5.69. The van der Waals surface area contributed by atoms with E-state index in [9.17, 15) is 10.1 Å². The number of nitriles is 1. The Labute approximate surface area is 145 Å². The van der Waals surface area contributed by atoms with Gasteiger partial charge in [0.25, 0.3) is 0 Å². The molecule has 23 heavy (non-hydrogen) atoms. The molecule has 2 aliphatic rings. The molecule has 0 spiro atoms. The lowest BCUT2D eigenvalue weighted by molar-refractivity contribution is -0.121. The molecule has 1 fully saturated rings. The summed E-state index contributed by atoms with van der Waals surface area (Å²) < 4.78 is 0. The van der Waals surface area contributed by atoms with Crippen molar-refractivity contribution in [2.24, 2.45) is 10.9 Å². The number of hydrogen-bond donors (Lipinski definition) is 0. The summed E-state index contributed by atoms with van der Waals surface area (Å²) in [5.74, 6) is 0.527. The van der Waals surface area contributed by atoms with E-state index >= 15 is 0 Å². The Balaban J connectivity index is 2.15. The number of thioether (sulfide) groups is 1. The van der Waals surface area contributed by atoms with Crippen LogP contribution >= 0.6 is 23.4 Å². The summed E-state index contributed by atoms with van der Waals surface area (Å²) >= 11 is 7.57. The standard InChI is InChI=1S/C18H17ClN2OS/c1-2-23-18-13(10-20)16(11-6-8-12(19)9-7-11)17-14(21-18)4-3-5-15(17)22/h6-9,16-17H,2-5H2,1H3/t16-,17-/m1/s1. The Morgan fingerprint density at radius 2 is 2.04 bits per heavy atom. The number of fused-ring (bicyclic) bond motifs is 1. The minimum absolute atomic E-state index is 0.197. The SMILES string of the molecule is CCSC1=C(C#N)[C@@H](c2ccc(Cl)cc2)[C@H]2C(=O)CCCC2=N1. The van der Waals surface area contributed by atoms with Crippen LogP contribution in [0.1, 0.15) is 37.7 Å². The van der Waals surface area contributed by atoms with Gasteiger partial charge in [0.05, 0.1) is 17.6 Å². The monoisotopic (exact) mass is 344 g/mol. The number of carbonyl (C=O) groups is 1. The summed E-state index contributed by atoms with van der Waals surface area (Å²) in [6.45, 7) is 2.04. The van der Waals surface area contributed by atoms with Gasteiger partial charge in [0.1, 0.15) is 10.8 Å². The minimum atomic E-state index is -0.291. The lowest BCUT2D eigenvalue weighted by atomic mass is 9.70. The van der Waals surface area contributed by atoms with E-state index in [1.807, 2.05) is 31.2 Å². The Bertz CT molecular complexity index is 730. The number of nitrogens with zero attached hydrogens (tertiary/aromatic N) is 2. The number of benzene rings is 1. The zero-order valence-electron chi connectivity index (χ0n) is 12.9. The van der Waals surface area contributed by atoms with Crippen molar-refractivity contribution in [3.63, 3.8) is 0 Å². The summed E-state index contributed by atoms with van der Waals surface area (Å²) in [5, 5.41) is 11.1. The fraction of sp³-hybridized carbons (Fsp3) is 0.389. The van der Waals surface area contributed by atoms with Crippen molar-refractivity contribution < 1.29 is 4.79 Å². The third-order valence-electron chi connectivity index (χ3n) is 4.31. The van der Waals surface area contributed by atoms with E-state index in [1.54, 1.807) is 11.8 Å². The van der Waals surface area contributed by atoms with Crippen LogP contribution in [0.2, 0.25) is 5.02 Å². The van der Waals surface area contributed by atoms with Gasteiger partial charge in [-0.15, -0.1) is 11.8 Å². The van der Waals surface area contributed by atoms with Crippen molar-refractivity contribution in [1.82, 2.24) is 0 Å². The van der Waals surface area contributed by atoms with E-state index < -0.39 is 0 Å². The van der Waals surface area contributed by atoms with Crippen LogP contribution in [0.4, 0.5) is 0 Å². The van der Waals surface area contributed by atoms with Gasteiger partial charge in [-0.3, -0.25) is 4.79 Å². The molecule has 1 aromatic rings. The Morgan fingerprint density at radius 3 is 2.70 bits per heavy atom. The number of halogens is 1. The first-order chi connectivity index (χ1) is 11.2. The van der Waals surface area contributed by atoms with Crippen molar-refractivity contribution in [1.29, 1.82) is 5.26 Å². The summed E-state index contributed by atoms with van der Waals surface area (Å²) in [5.41, 5.74) is 2.52. The molecule has 0 radical (unpaired) electrons. The van der Waals surface area contributed by atoms with Crippen molar-refractivity contribution in [2.45, 2.75) is 32.1 Å². The van der Waals surface area contributed by atoms with Gasteiger partial charge >= 0.3 is 0 Å². The molecule has 3 nitrogen and oxygen atoms in total. The van der Waals surface area contributed by atoms with Gasteiger partial charge in [0, 0.05) is 23.1 Å². The van der Waals surface area contributed by atoms with Crippen LogP contribution in [-0.2, 0) is 4.79 Å². The first-order valence-corrected chi connectivity index (χ1v) is 9.14. The maximum absolute atomic E-state index is 12.6. The number of ketones is 1. The molecule has 1 aliphatic heterocycles. The fourth-order valence-corrected chi connectivity index (χ4v) is 4.24. The third kappa shape index (κ3) is 3.08.